The lowest BCUT2D eigenvalue weighted by Crippen LogP contribution is -2.23. The molecule has 0 aliphatic carbocycles. The second-order valence-corrected chi connectivity index (χ2v) is 5.70. The van der Waals surface area contributed by atoms with E-state index in [1.807, 2.05) is 66.2 Å². The highest BCUT2D eigenvalue weighted by atomic mass is 16.5. The summed E-state index contributed by atoms with van der Waals surface area (Å²) in [4.78, 5) is 16.5. The van der Waals surface area contributed by atoms with Gasteiger partial charge >= 0.3 is 0 Å². The number of benzene rings is 1. The van der Waals surface area contributed by atoms with Gasteiger partial charge in [0.05, 0.1) is 18.8 Å². The highest BCUT2D eigenvalue weighted by molar-refractivity contribution is 5.75. The van der Waals surface area contributed by atoms with Crippen molar-refractivity contribution in [2.24, 2.45) is 0 Å². The first kappa shape index (κ1) is 16.1. The van der Waals surface area contributed by atoms with Crippen molar-refractivity contribution in [3.05, 3.63) is 66.1 Å². The lowest BCUT2D eigenvalue weighted by molar-refractivity contribution is -0.121. The fourth-order valence-corrected chi connectivity index (χ4v) is 2.51. The first-order chi connectivity index (χ1) is 11.7. The molecule has 3 rings (SSSR count). The van der Waals surface area contributed by atoms with Crippen molar-refractivity contribution in [3.63, 3.8) is 0 Å². The van der Waals surface area contributed by atoms with Crippen LogP contribution in [0.25, 0.3) is 5.65 Å². The molecule has 0 aliphatic rings. The van der Waals surface area contributed by atoms with Crippen molar-refractivity contribution in [2.75, 3.05) is 6.61 Å². The van der Waals surface area contributed by atoms with Crippen molar-refractivity contribution in [3.8, 4) is 5.75 Å². The van der Waals surface area contributed by atoms with E-state index in [9.17, 15) is 4.79 Å². The average molecular weight is 323 g/mol. The van der Waals surface area contributed by atoms with E-state index in [0.717, 1.165) is 22.7 Å². The Morgan fingerprint density at radius 3 is 2.83 bits per heavy atom. The number of ether oxygens (including phenoxy) is 1. The van der Waals surface area contributed by atoms with Crippen LogP contribution in [0.1, 0.15) is 24.1 Å². The molecule has 0 atom stereocenters. The third-order valence-electron chi connectivity index (χ3n) is 3.75. The predicted octanol–water partition coefficient (Wildman–Crippen LogP) is 3.12. The number of carbonyl (C=O) groups excluding carboxylic acids is 1. The minimum Gasteiger partial charge on any atom is -0.494 e. The Hall–Kier alpha value is -2.82. The van der Waals surface area contributed by atoms with E-state index in [2.05, 4.69) is 10.3 Å². The predicted molar refractivity (Wildman–Crippen MR) is 92.9 cm³/mol. The second-order valence-electron chi connectivity index (χ2n) is 5.70. The van der Waals surface area contributed by atoms with Crippen molar-refractivity contribution < 1.29 is 9.53 Å². The van der Waals surface area contributed by atoms with Gasteiger partial charge in [-0.15, -0.1) is 0 Å². The van der Waals surface area contributed by atoms with Gasteiger partial charge in [-0.05, 0) is 37.1 Å². The van der Waals surface area contributed by atoms with E-state index >= 15 is 0 Å². The van der Waals surface area contributed by atoms with Crippen LogP contribution in [0, 0.1) is 6.92 Å². The van der Waals surface area contributed by atoms with Gasteiger partial charge in [-0.2, -0.15) is 0 Å². The summed E-state index contributed by atoms with van der Waals surface area (Å²) in [5.41, 5.74) is 2.91. The number of rotatable bonds is 7. The number of hydrogen-bond donors (Lipinski definition) is 1. The van der Waals surface area contributed by atoms with E-state index in [4.69, 9.17) is 4.74 Å². The lowest BCUT2D eigenvalue weighted by atomic mass is 10.3. The number of amides is 1. The number of aromatic nitrogens is 2. The van der Waals surface area contributed by atoms with E-state index in [1.165, 1.54) is 0 Å². The summed E-state index contributed by atoms with van der Waals surface area (Å²) in [6.07, 6.45) is 5.03. The molecule has 2 aromatic heterocycles. The maximum Gasteiger partial charge on any atom is 0.220 e. The molecule has 1 amide bonds. The quantitative estimate of drug-likeness (QED) is 0.680. The molecule has 5 heteroatoms. The molecule has 1 aromatic carbocycles. The van der Waals surface area contributed by atoms with E-state index < -0.39 is 0 Å². The van der Waals surface area contributed by atoms with Gasteiger partial charge < -0.3 is 14.5 Å². The molecule has 5 nitrogen and oxygen atoms in total. The second kappa shape index (κ2) is 7.64. The van der Waals surface area contributed by atoms with E-state index in [0.29, 0.717) is 26.0 Å². The lowest BCUT2D eigenvalue weighted by Gasteiger charge is -2.06. The Labute approximate surface area is 141 Å². The third kappa shape index (κ3) is 4.13. The normalized spacial score (nSPS) is 10.7. The number of fused-ring (bicyclic) bond motifs is 1. The van der Waals surface area contributed by atoms with Crippen molar-refractivity contribution in [2.45, 2.75) is 26.3 Å². The molecule has 0 fully saturated rings. The number of pyridine rings is 1. The molecular weight excluding hydrogens is 302 g/mol. The minimum atomic E-state index is 0.0143. The number of aryl methyl sites for hydroxylation is 1. The van der Waals surface area contributed by atoms with Gasteiger partial charge in [0.1, 0.15) is 11.4 Å². The Kier molecular flexibility index (Phi) is 5.11. The summed E-state index contributed by atoms with van der Waals surface area (Å²) in [6, 6.07) is 13.6. The van der Waals surface area contributed by atoms with Crippen LogP contribution in [0.15, 0.2) is 54.9 Å². The van der Waals surface area contributed by atoms with Gasteiger partial charge in [0.25, 0.3) is 0 Å². The molecule has 124 valence electrons. The fraction of sp³-hybridized carbons (Fsp3) is 0.263. The first-order valence-electron chi connectivity index (χ1n) is 8.10. The minimum absolute atomic E-state index is 0.0143. The molecule has 0 radical (unpaired) electrons. The standard InChI is InChI=1S/C19H21N3O2/c1-15-7-5-11-22-14-16(21-19(15)22)13-20-18(23)10-6-12-24-17-8-3-2-4-9-17/h2-5,7-9,11,14H,6,10,12-13H2,1H3,(H,20,23). The Morgan fingerprint density at radius 1 is 1.21 bits per heavy atom. The summed E-state index contributed by atoms with van der Waals surface area (Å²) in [5, 5.41) is 2.91. The Bertz CT molecular complexity index is 812. The topological polar surface area (TPSA) is 55.6 Å². The number of imidazole rings is 1. The zero-order chi connectivity index (χ0) is 16.8. The Balaban J connectivity index is 1.41. The monoisotopic (exact) mass is 323 g/mol. The van der Waals surface area contributed by atoms with Crippen LogP contribution < -0.4 is 10.1 Å². The van der Waals surface area contributed by atoms with Gasteiger partial charge in [0, 0.05) is 18.8 Å². The zero-order valence-corrected chi connectivity index (χ0v) is 13.7. The van der Waals surface area contributed by atoms with Crippen molar-refractivity contribution >= 4 is 11.6 Å². The number of nitrogens with zero attached hydrogens (tertiary/aromatic N) is 2. The first-order valence-corrected chi connectivity index (χ1v) is 8.10. The van der Waals surface area contributed by atoms with Crippen molar-refractivity contribution in [1.29, 1.82) is 0 Å². The van der Waals surface area contributed by atoms with Gasteiger partial charge in [0.15, 0.2) is 0 Å². The molecule has 3 aromatic rings. The molecule has 1 N–H and O–H groups in total. The van der Waals surface area contributed by atoms with Gasteiger partial charge in [0.2, 0.25) is 5.91 Å². The third-order valence-corrected chi connectivity index (χ3v) is 3.75. The maximum atomic E-state index is 11.9. The van der Waals surface area contributed by atoms with Gasteiger partial charge in [-0.25, -0.2) is 4.98 Å². The molecule has 24 heavy (non-hydrogen) atoms. The number of hydrogen-bond acceptors (Lipinski definition) is 3. The van der Waals surface area contributed by atoms with Crippen LogP contribution in [-0.4, -0.2) is 21.9 Å². The van der Waals surface area contributed by atoms with Gasteiger partial charge in [-0.1, -0.05) is 24.3 Å². The highest BCUT2D eigenvalue weighted by Crippen LogP contribution is 2.10. The SMILES string of the molecule is Cc1cccn2cc(CNC(=O)CCCOc3ccccc3)nc12. The Morgan fingerprint density at radius 2 is 2.04 bits per heavy atom. The number of para-hydroxylation sites is 1. The summed E-state index contributed by atoms with van der Waals surface area (Å²) in [5.74, 6) is 0.846. The summed E-state index contributed by atoms with van der Waals surface area (Å²) < 4.78 is 7.55. The molecule has 0 saturated heterocycles. The van der Waals surface area contributed by atoms with Crippen molar-refractivity contribution in [1.82, 2.24) is 14.7 Å². The molecule has 0 unspecified atom stereocenters. The average Bonchev–Trinajstić information content (AvgIpc) is 3.02. The van der Waals surface area contributed by atoms with Crippen LogP contribution in [-0.2, 0) is 11.3 Å². The van der Waals surface area contributed by atoms with Crippen LogP contribution in [0.5, 0.6) is 5.75 Å². The maximum absolute atomic E-state index is 11.9. The summed E-state index contributed by atoms with van der Waals surface area (Å²) in [7, 11) is 0. The van der Waals surface area contributed by atoms with Crippen LogP contribution in [0.2, 0.25) is 0 Å². The molecule has 2 heterocycles. The molecule has 0 aliphatic heterocycles. The fourth-order valence-electron chi connectivity index (χ4n) is 2.51. The zero-order valence-electron chi connectivity index (χ0n) is 13.7. The van der Waals surface area contributed by atoms with Crippen LogP contribution in [0.4, 0.5) is 0 Å². The summed E-state index contributed by atoms with van der Waals surface area (Å²) in [6.45, 7) is 3.00. The van der Waals surface area contributed by atoms with Crippen LogP contribution >= 0.6 is 0 Å². The van der Waals surface area contributed by atoms with Crippen LogP contribution in [0.3, 0.4) is 0 Å². The van der Waals surface area contributed by atoms with E-state index in [-0.39, 0.29) is 5.91 Å². The number of carbonyl (C=O) groups is 1. The highest BCUT2D eigenvalue weighted by Gasteiger charge is 2.06. The summed E-state index contributed by atoms with van der Waals surface area (Å²) >= 11 is 0. The van der Waals surface area contributed by atoms with Gasteiger partial charge in [-0.3, -0.25) is 4.79 Å². The molecular formula is C19H21N3O2. The smallest absolute Gasteiger partial charge is 0.220 e. The van der Waals surface area contributed by atoms with E-state index in [1.54, 1.807) is 0 Å². The largest absolute Gasteiger partial charge is 0.494 e. The molecule has 0 saturated carbocycles. The number of nitrogens with one attached hydrogen (secondary N) is 1. The molecule has 0 spiro atoms. The molecule has 0 bridgehead atoms.